The second-order valence-corrected chi connectivity index (χ2v) is 5.85. The van der Waals surface area contributed by atoms with Gasteiger partial charge < -0.3 is 4.74 Å². The van der Waals surface area contributed by atoms with Gasteiger partial charge in [0.05, 0.1) is 18.6 Å². The lowest BCUT2D eigenvalue weighted by molar-refractivity contribution is -0.142. The van der Waals surface area contributed by atoms with Gasteiger partial charge in [0, 0.05) is 8.47 Å². The van der Waals surface area contributed by atoms with Gasteiger partial charge in [-0.1, -0.05) is 0 Å². The van der Waals surface area contributed by atoms with Gasteiger partial charge in [0.15, 0.2) is 0 Å². The summed E-state index contributed by atoms with van der Waals surface area (Å²) in [5.74, 6) is -0.623. The number of carbonyl (C=O) groups excluding carboxylic acids is 1. The monoisotopic (exact) mass is 415 g/mol. The molecule has 0 heterocycles. The van der Waals surface area contributed by atoms with Crippen molar-refractivity contribution in [2.45, 2.75) is 23.7 Å². The smallest absolute Gasteiger partial charge is 0.446 e. The molecule has 0 aliphatic heterocycles. The van der Waals surface area contributed by atoms with Crippen LogP contribution >= 0.6 is 34.4 Å². The van der Waals surface area contributed by atoms with Crippen LogP contribution in [0.1, 0.15) is 18.1 Å². The van der Waals surface area contributed by atoms with E-state index in [9.17, 15) is 18.0 Å². The third kappa shape index (κ3) is 5.20. The van der Waals surface area contributed by atoms with Crippen LogP contribution in [0.15, 0.2) is 17.0 Å². The van der Waals surface area contributed by atoms with Gasteiger partial charge in [0.2, 0.25) is 0 Å². The number of hydrogen-bond donors (Lipinski definition) is 0. The maximum Gasteiger partial charge on any atom is 0.446 e. The minimum atomic E-state index is -4.46. The molecule has 0 aliphatic rings. The van der Waals surface area contributed by atoms with Crippen molar-refractivity contribution < 1.29 is 22.7 Å². The van der Waals surface area contributed by atoms with E-state index in [0.29, 0.717) is 3.57 Å². The lowest BCUT2D eigenvalue weighted by Crippen LogP contribution is -2.10. The summed E-state index contributed by atoms with van der Waals surface area (Å²) < 4.78 is 42.6. The molecule has 0 atom stereocenters. The van der Waals surface area contributed by atoms with E-state index >= 15 is 0 Å². The normalized spacial score (nSPS) is 11.0. The molecule has 0 fully saturated rings. The number of nitrogens with zero attached hydrogens (tertiary/aromatic N) is 1. The molecular weight excluding hydrogens is 406 g/mol. The molecule has 0 saturated heterocycles. The Morgan fingerprint density at radius 1 is 1.50 bits per heavy atom. The number of rotatable bonds is 4. The average Bonchev–Trinajstić information content (AvgIpc) is 2.30. The largest absolute Gasteiger partial charge is 0.466 e. The lowest BCUT2D eigenvalue weighted by atomic mass is 10.1. The first-order chi connectivity index (χ1) is 9.26. The van der Waals surface area contributed by atoms with Gasteiger partial charge in [0.1, 0.15) is 6.07 Å². The van der Waals surface area contributed by atoms with Gasteiger partial charge in [-0.25, -0.2) is 0 Å². The number of alkyl halides is 3. The highest BCUT2D eigenvalue weighted by Crippen LogP contribution is 2.40. The van der Waals surface area contributed by atoms with E-state index < -0.39 is 11.5 Å². The molecule has 0 spiro atoms. The van der Waals surface area contributed by atoms with Crippen LogP contribution in [0.4, 0.5) is 13.2 Å². The lowest BCUT2D eigenvalue weighted by Gasteiger charge is -2.12. The quantitative estimate of drug-likeness (QED) is 0.426. The summed E-state index contributed by atoms with van der Waals surface area (Å²) in [6.07, 6.45) is -0.294. The van der Waals surface area contributed by atoms with Gasteiger partial charge in [-0.2, -0.15) is 18.4 Å². The van der Waals surface area contributed by atoms with Crippen LogP contribution in [0.3, 0.4) is 0 Å². The number of ether oxygens (including phenoxy) is 1. The van der Waals surface area contributed by atoms with Crippen LogP contribution in [0.5, 0.6) is 0 Å². The van der Waals surface area contributed by atoms with Crippen molar-refractivity contribution in [2.75, 3.05) is 6.61 Å². The fraction of sp³-hybridized carbons (Fsp3) is 0.333. The molecule has 0 unspecified atom stereocenters. The van der Waals surface area contributed by atoms with E-state index in [4.69, 9.17) is 10.00 Å². The maximum atomic E-state index is 12.5. The highest BCUT2D eigenvalue weighted by atomic mass is 127. The Kier molecular flexibility index (Phi) is 6.13. The minimum Gasteiger partial charge on any atom is -0.466 e. The summed E-state index contributed by atoms with van der Waals surface area (Å²) in [5, 5.41) is 8.90. The summed E-state index contributed by atoms with van der Waals surface area (Å²) in [7, 11) is 0. The predicted molar refractivity (Wildman–Crippen MR) is 76.1 cm³/mol. The second-order valence-electron chi connectivity index (χ2n) is 3.58. The number of benzene rings is 1. The molecule has 1 aromatic carbocycles. The topological polar surface area (TPSA) is 50.1 Å². The number of hydrogen-bond acceptors (Lipinski definition) is 4. The first-order valence-corrected chi connectivity index (χ1v) is 7.30. The first kappa shape index (κ1) is 17.1. The molecule has 20 heavy (non-hydrogen) atoms. The van der Waals surface area contributed by atoms with Gasteiger partial charge in [-0.15, -0.1) is 0 Å². The van der Waals surface area contributed by atoms with Crippen molar-refractivity contribution in [1.82, 2.24) is 0 Å². The Morgan fingerprint density at radius 2 is 2.15 bits per heavy atom. The Hall–Kier alpha value is -0.950. The first-order valence-electron chi connectivity index (χ1n) is 5.40. The Labute approximate surface area is 131 Å². The van der Waals surface area contributed by atoms with Gasteiger partial charge in [-0.3, -0.25) is 4.79 Å². The molecule has 8 heteroatoms. The fourth-order valence-electron chi connectivity index (χ4n) is 1.41. The van der Waals surface area contributed by atoms with Gasteiger partial charge in [0.25, 0.3) is 0 Å². The maximum absolute atomic E-state index is 12.5. The van der Waals surface area contributed by atoms with Crippen LogP contribution in [0, 0.1) is 14.9 Å². The molecule has 0 amide bonds. The average molecular weight is 415 g/mol. The van der Waals surface area contributed by atoms with Crippen molar-refractivity contribution in [3.63, 3.8) is 0 Å². The molecule has 108 valence electrons. The van der Waals surface area contributed by atoms with Crippen molar-refractivity contribution in [3.05, 3.63) is 26.8 Å². The molecule has 0 aromatic heterocycles. The van der Waals surface area contributed by atoms with E-state index in [1.807, 2.05) is 6.07 Å². The van der Waals surface area contributed by atoms with E-state index in [1.165, 1.54) is 12.1 Å². The van der Waals surface area contributed by atoms with Crippen LogP contribution in [-0.2, 0) is 16.0 Å². The summed E-state index contributed by atoms with van der Waals surface area (Å²) in [6.45, 7) is 1.76. The van der Waals surface area contributed by atoms with Crippen LogP contribution in [0.2, 0.25) is 0 Å². The predicted octanol–water partition coefficient (Wildman–Crippen LogP) is 3.88. The van der Waals surface area contributed by atoms with Crippen molar-refractivity contribution in [3.8, 4) is 6.07 Å². The van der Waals surface area contributed by atoms with E-state index in [0.717, 1.165) is 0 Å². The molecule has 0 saturated carbocycles. The zero-order chi connectivity index (χ0) is 15.3. The third-order valence-corrected chi connectivity index (χ3v) is 3.86. The fourth-order valence-corrected chi connectivity index (χ4v) is 2.90. The van der Waals surface area contributed by atoms with Crippen molar-refractivity contribution in [1.29, 1.82) is 5.26 Å². The number of halogens is 4. The van der Waals surface area contributed by atoms with E-state index in [2.05, 4.69) is 0 Å². The molecule has 1 rings (SSSR count). The zero-order valence-electron chi connectivity index (χ0n) is 10.3. The Bertz CT molecular complexity index is 555. The number of nitriles is 1. The molecule has 3 nitrogen and oxygen atoms in total. The standard InChI is InChI=1S/C12H9F3INO2S/c1-2-19-11(18)4-7-3-8(6-17)9(16)5-10(7)20-12(13,14)15/h3,5H,2,4H2,1H3. The molecule has 0 bridgehead atoms. The van der Waals surface area contributed by atoms with Crippen LogP contribution in [-0.4, -0.2) is 18.1 Å². The summed E-state index contributed by atoms with van der Waals surface area (Å²) >= 11 is 1.48. The highest BCUT2D eigenvalue weighted by Gasteiger charge is 2.31. The zero-order valence-corrected chi connectivity index (χ0v) is 13.2. The third-order valence-electron chi connectivity index (χ3n) is 2.14. The van der Waals surface area contributed by atoms with Gasteiger partial charge in [-0.05, 0) is 59.0 Å². The molecular formula is C12H9F3INO2S. The van der Waals surface area contributed by atoms with Crippen LogP contribution < -0.4 is 0 Å². The van der Waals surface area contributed by atoms with Crippen LogP contribution in [0.25, 0.3) is 0 Å². The van der Waals surface area contributed by atoms with E-state index in [-0.39, 0.29) is 40.8 Å². The SMILES string of the molecule is CCOC(=O)Cc1cc(C#N)c(I)cc1SC(F)(F)F. The second kappa shape index (κ2) is 7.17. The minimum absolute atomic E-state index is 0.0889. The highest BCUT2D eigenvalue weighted by molar-refractivity contribution is 14.1. The number of esters is 1. The number of carbonyl (C=O) groups is 1. The molecule has 1 aromatic rings. The molecule has 0 radical (unpaired) electrons. The van der Waals surface area contributed by atoms with Crippen molar-refractivity contribution in [2.24, 2.45) is 0 Å². The number of thioether (sulfide) groups is 1. The van der Waals surface area contributed by atoms with Gasteiger partial charge >= 0.3 is 11.5 Å². The Balaban J connectivity index is 3.16. The molecule has 0 N–H and O–H groups in total. The van der Waals surface area contributed by atoms with Crippen molar-refractivity contribution >= 4 is 40.3 Å². The summed E-state index contributed by atoms with van der Waals surface area (Å²) in [5.41, 5.74) is -4.08. The Morgan fingerprint density at radius 3 is 2.65 bits per heavy atom. The molecule has 0 aliphatic carbocycles. The van der Waals surface area contributed by atoms with E-state index in [1.54, 1.807) is 29.5 Å². The summed E-state index contributed by atoms with van der Waals surface area (Å²) in [6, 6.07) is 4.43. The summed E-state index contributed by atoms with van der Waals surface area (Å²) in [4.78, 5) is 11.3.